The predicted octanol–water partition coefficient (Wildman–Crippen LogP) is 3.60. The van der Waals surface area contributed by atoms with Gasteiger partial charge >= 0.3 is 0 Å². The first kappa shape index (κ1) is 20.9. The molecule has 2 fully saturated rings. The molecule has 3 aromatic rings. The van der Waals surface area contributed by atoms with Crippen molar-refractivity contribution < 1.29 is 9.90 Å². The molecule has 5 rings (SSSR count). The number of phenols is 1. The van der Waals surface area contributed by atoms with Crippen LogP contribution >= 0.6 is 0 Å². The average Bonchev–Trinajstić information content (AvgIpc) is 3.28. The molecule has 1 atom stereocenters. The summed E-state index contributed by atoms with van der Waals surface area (Å²) in [4.78, 5) is 19.4. The van der Waals surface area contributed by atoms with Crippen LogP contribution in [-0.2, 0) is 17.8 Å². The molecule has 2 aromatic heterocycles. The fourth-order valence-electron chi connectivity index (χ4n) is 4.82. The fraction of sp³-hybridized carbons (Fsp3) is 0.480. The first-order valence-electron chi connectivity index (χ1n) is 11.6. The summed E-state index contributed by atoms with van der Waals surface area (Å²) in [6.45, 7) is 5.98. The third kappa shape index (κ3) is 4.35. The molecule has 7 nitrogen and oxygen atoms in total. The van der Waals surface area contributed by atoms with Gasteiger partial charge in [-0.2, -0.15) is 5.10 Å². The second-order valence-corrected chi connectivity index (χ2v) is 9.24. The molecule has 1 amide bonds. The largest absolute Gasteiger partial charge is 0.508 e. The van der Waals surface area contributed by atoms with Gasteiger partial charge in [0.15, 0.2) is 5.65 Å². The number of aromatic hydroxyl groups is 1. The molecule has 3 heterocycles. The normalized spacial score (nSPS) is 19.0. The number of rotatable bonds is 7. The highest BCUT2D eigenvalue weighted by molar-refractivity contribution is 5.76. The van der Waals surface area contributed by atoms with Gasteiger partial charge in [-0.3, -0.25) is 9.69 Å². The molecule has 0 unspecified atom stereocenters. The third-order valence-electron chi connectivity index (χ3n) is 6.75. The number of amides is 1. The molecule has 0 radical (unpaired) electrons. The summed E-state index contributed by atoms with van der Waals surface area (Å²) in [6, 6.07) is 10.2. The van der Waals surface area contributed by atoms with Crippen LogP contribution in [0.4, 0.5) is 0 Å². The van der Waals surface area contributed by atoms with Crippen molar-refractivity contribution in [1.29, 1.82) is 0 Å². The highest BCUT2D eigenvalue weighted by Gasteiger charge is 2.29. The maximum atomic E-state index is 12.2. The summed E-state index contributed by atoms with van der Waals surface area (Å²) >= 11 is 0. The number of likely N-dealkylation sites (tertiary alicyclic amines) is 1. The van der Waals surface area contributed by atoms with Crippen molar-refractivity contribution in [3.63, 3.8) is 0 Å². The van der Waals surface area contributed by atoms with E-state index in [1.807, 2.05) is 23.6 Å². The van der Waals surface area contributed by atoms with Gasteiger partial charge in [-0.1, -0.05) is 12.1 Å². The third-order valence-corrected chi connectivity index (χ3v) is 6.75. The number of aromatic nitrogens is 3. The van der Waals surface area contributed by atoms with E-state index in [0.29, 0.717) is 24.6 Å². The van der Waals surface area contributed by atoms with Crippen LogP contribution in [-0.4, -0.2) is 43.1 Å². The number of phenolic OH excluding ortho intramolecular Hbond substituents is 1. The quantitative estimate of drug-likeness (QED) is 0.595. The molecule has 1 saturated carbocycles. The van der Waals surface area contributed by atoms with Gasteiger partial charge in [-0.25, -0.2) is 9.50 Å². The molecule has 0 bridgehead atoms. The lowest BCUT2D eigenvalue weighted by atomic mass is 10.1. The molecule has 32 heavy (non-hydrogen) atoms. The number of nitrogens with zero attached hydrogens (tertiary/aromatic N) is 4. The van der Waals surface area contributed by atoms with Crippen LogP contribution in [0.1, 0.15) is 66.4 Å². The lowest BCUT2D eigenvalue weighted by Gasteiger charge is -2.23. The smallest absolute Gasteiger partial charge is 0.220 e. The van der Waals surface area contributed by atoms with E-state index in [4.69, 9.17) is 10.1 Å². The summed E-state index contributed by atoms with van der Waals surface area (Å²) in [6.07, 6.45) is 5.61. The van der Waals surface area contributed by atoms with Gasteiger partial charge in [0.2, 0.25) is 5.91 Å². The Hall–Kier alpha value is -2.93. The van der Waals surface area contributed by atoms with Crippen LogP contribution in [0.15, 0.2) is 30.3 Å². The van der Waals surface area contributed by atoms with Gasteiger partial charge in [0.25, 0.3) is 0 Å². The maximum absolute atomic E-state index is 12.2. The first-order valence-corrected chi connectivity index (χ1v) is 11.6. The minimum Gasteiger partial charge on any atom is -0.508 e. The Kier molecular flexibility index (Phi) is 5.59. The molecular formula is C25H31N5O2. The Morgan fingerprint density at radius 3 is 2.72 bits per heavy atom. The van der Waals surface area contributed by atoms with Crippen molar-refractivity contribution in [1.82, 2.24) is 24.8 Å². The van der Waals surface area contributed by atoms with E-state index in [0.717, 1.165) is 67.1 Å². The van der Waals surface area contributed by atoms with E-state index >= 15 is 0 Å². The van der Waals surface area contributed by atoms with Crippen molar-refractivity contribution in [2.24, 2.45) is 0 Å². The maximum Gasteiger partial charge on any atom is 0.220 e. The molecule has 7 heteroatoms. The van der Waals surface area contributed by atoms with Gasteiger partial charge in [0.05, 0.1) is 11.7 Å². The number of benzene rings is 1. The monoisotopic (exact) mass is 433 g/mol. The highest BCUT2D eigenvalue weighted by atomic mass is 16.3. The molecule has 1 saturated heterocycles. The number of carbonyl (C=O) groups is 1. The van der Waals surface area contributed by atoms with Crippen LogP contribution in [0.2, 0.25) is 0 Å². The van der Waals surface area contributed by atoms with Crippen molar-refractivity contribution in [3.05, 3.63) is 58.5 Å². The number of fused-ring (bicyclic) bond motifs is 1. The summed E-state index contributed by atoms with van der Waals surface area (Å²) in [5.41, 5.74) is 6.28. The summed E-state index contributed by atoms with van der Waals surface area (Å²) in [7, 11) is 0. The zero-order valence-electron chi connectivity index (χ0n) is 18.8. The lowest BCUT2D eigenvalue weighted by molar-refractivity contribution is -0.121. The van der Waals surface area contributed by atoms with Gasteiger partial charge in [-0.15, -0.1) is 0 Å². The molecule has 2 aliphatic rings. The zero-order valence-corrected chi connectivity index (χ0v) is 18.8. The van der Waals surface area contributed by atoms with Gasteiger partial charge in [-0.05, 0) is 75.8 Å². The van der Waals surface area contributed by atoms with E-state index < -0.39 is 0 Å². The van der Waals surface area contributed by atoms with Crippen molar-refractivity contribution in [2.45, 2.75) is 71.0 Å². The number of hydrogen-bond acceptors (Lipinski definition) is 5. The Morgan fingerprint density at radius 1 is 1.19 bits per heavy atom. The molecular weight excluding hydrogens is 402 g/mol. The van der Waals surface area contributed by atoms with E-state index in [1.165, 1.54) is 5.56 Å². The second-order valence-electron chi connectivity index (χ2n) is 9.24. The summed E-state index contributed by atoms with van der Waals surface area (Å²) < 4.78 is 1.95. The Bertz CT molecular complexity index is 1130. The van der Waals surface area contributed by atoms with E-state index in [9.17, 15) is 9.90 Å². The van der Waals surface area contributed by atoms with Crippen molar-refractivity contribution in [3.8, 4) is 5.75 Å². The number of nitrogens with one attached hydrogen (secondary N) is 1. The van der Waals surface area contributed by atoms with Crippen LogP contribution in [0.3, 0.4) is 0 Å². The van der Waals surface area contributed by atoms with E-state index in [1.54, 1.807) is 12.1 Å². The minimum absolute atomic E-state index is 0.128. The van der Waals surface area contributed by atoms with Crippen LogP contribution in [0.5, 0.6) is 5.75 Å². The number of hydrogen-bond donors (Lipinski definition) is 2. The Morgan fingerprint density at radius 2 is 1.97 bits per heavy atom. The Labute approximate surface area is 188 Å². The predicted molar refractivity (Wildman–Crippen MR) is 122 cm³/mol. The average molecular weight is 434 g/mol. The highest BCUT2D eigenvalue weighted by Crippen LogP contribution is 2.33. The van der Waals surface area contributed by atoms with Gasteiger partial charge in [0.1, 0.15) is 5.75 Å². The van der Waals surface area contributed by atoms with Gasteiger partial charge in [0, 0.05) is 36.5 Å². The summed E-state index contributed by atoms with van der Waals surface area (Å²) in [5, 5.41) is 17.6. The lowest BCUT2D eigenvalue weighted by Crippen LogP contribution is -2.25. The van der Waals surface area contributed by atoms with Crippen LogP contribution in [0.25, 0.3) is 5.65 Å². The molecule has 168 valence electrons. The van der Waals surface area contributed by atoms with E-state index in [2.05, 4.69) is 23.2 Å². The van der Waals surface area contributed by atoms with Crippen molar-refractivity contribution >= 4 is 11.6 Å². The van der Waals surface area contributed by atoms with E-state index in [-0.39, 0.29) is 11.9 Å². The van der Waals surface area contributed by atoms with Gasteiger partial charge < -0.3 is 10.4 Å². The van der Waals surface area contributed by atoms with Crippen molar-refractivity contribution in [2.75, 3.05) is 6.54 Å². The summed E-state index contributed by atoms with van der Waals surface area (Å²) in [5.74, 6) is 0.424. The molecule has 1 aliphatic carbocycles. The fourth-order valence-corrected chi connectivity index (χ4v) is 4.82. The standard InChI is InChI=1S/C25H31N5O2/c1-16-21(11-12-25(32)27-19-7-8-19)17(2)30-24(26-16)14-22(28-30)23-4-3-13-29(23)15-18-5-9-20(31)10-6-18/h5-6,9-10,14,19,23,31H,3-4,7-8,11-13,15H2,1-2H3,(H,27,32)/t23-/m0/s1. The zero-order chi connectivity index (χ0) is 22.2. The molecule has 2 N–H and O–H groups in total. The molecule has 1 aliphatic heterocycles. The minimum atomic E-state index is 0.128. The Balaban J connectivity index is 1.35. The second kappa shape index (κ2) is 8.54. The number of carbonyl (C=O) groups excluding carboxylic acids is 1. The molecule has 1 aromatic carbocycles. The molecule has 0 spiro atoms. The van der Waals surface area contributed by atoms with Crippen LogP contribution < -0.4 is 5.32 Å². The number of aryl methyl sites for hydroxylation is 2. The SMILES string of the molecule is Cc1nc2cc([C@@H]3CCCN3Cc3ccc(O)cc3)nn2c(C)c1CCC(=O)NC1CC1. The van der Waals surface area contributed by atoms with Crippen LogP contribution in [0, 0.1) is 13.8 Å². The first-order chi connectivity index (χ1) is 15.5. The topological polar surface area (TPSA) is 82.8 Å².